The molecule has 0 bridgehead atoms. The highest BCUT2D eigenvalue weighted by Gasteiger charge is 2.23. The molecule has 24 heavy (non-hydrogen) atoms. The maximum absolute atomic E-state index is 12.0. The minimum Gasteiger partial charge on any atom is -0.422 e. The highest BCUT2D eigenvalue weighted by atomic mass is 79.9. The molecule has 1 aliphatic rings. The van der Waals surface area contributed by atoms with Gasteiger partial charge in [0.2, 0.25) is 4.69 Å². The number of hydrogen-bond donors (Lipinski definition) is 0. The van der Waals surface area contributed by atoms with Gasteiger partial charge in [0.15, 0.2) is 0 Å². The molecule has 0 amide bonds. The summed E-state index contributed by atoms with van der Waals surface area (Å²) in [5, 5.41) is 0.735. The number of fused-ring (bicyclic) bond motifs is 3. The fraction of sp³-hybridized carbons (Fsp3) is 0.111. The van der Waals surface area contributed by atoms with Gasteiger partial charge in [-0.05, 0) is 47.1 Å². The summed E-state index contributed by atoms with van der Waals surface area (Å²) in [7, 11) is 0. The van der Waals surface area contributed by atoms with Crippen LogP contribution in [-0.4, -0.2) is 11.2 Å². The van der Waals surface area contributed by atoms with Crippen molar-refractivity contribution in [2.45, 2.75) is 16.7 Å². The van der Waals surface area contributed by atoms with Crippen LogP contribution in [0.15, 0.2) is 61.5 Å². The van der Waals surface area contributed by atoms with Gasteiger partial charge in [-0.3, -0.25) is 4.79 Å². The van der Waals surface area contributed by atoms with E-state index in [0.717, 1.165) is 28.2 Å². The fourth-order valence-corrected chi connectivity index (χ4v) is 4.32. The SMILES string of the molecule is CCN1c2ccccc2Sc2cc3cc(C(=O)Br)c(=O)oc3cc21. The molecule has 2 aromatic carbocycles. The Hall–Kier alpha value is -2.05. The minimum absolute atomic E-state index is 0.0102. The topological polar surface area (TPSA) is 50.5 Å². The largest absolute Gasteiger partial charge is 0.422 e. The standard InChI is InChI=1S/C18H12BrNO3S/c1-2-20-12-5-3-4-6-15(12)24-16-8-10-7-11(17(19)21)18(22)23-14(10)9-13(16)20/h3-9H,2H2,1H3. The Labute approximate surface area is 150 Å². The Morgan fingerprint density at radius 3 is 2.71 bits per heavy atom. The van der Waals surface area contributed by atoms with Gasteiger partial charge in [0.1, 0.15) is 11.1 Å². The average Bonchev–Trinajstić information content (AvgIpc) is 2.57. The molecule has 0 saturated heterocycles. The normalized spacial score (nSPS) is 12.8. The first-order valence-corrected chi connectivity index (χ1v) is 9.05. The third-order valence-corrected chi connectivity index (χ3v) is 5.55. The highest BCUT2D eigenvalue weighted by molar-refractivity contribution is 9.18. The fourth-order valence-electron chi connectivity index (χ4n) is 2.92. The van der Waals surface area contributed by atoms with Crippen molar-refractivity contribution in [1.29, 1.82) is 0 Å². The van der Waals surface area contributed by atoms with Crippen molar-refractivity contribution in [3.63, 3.8) is 0 Å². The molecule has 0 fully saturated rings. The summed E-state index contributed by atoms with van der Waals surface area (Å²) in [4.78, 5) is 27.9. The zero-order valence-electron chi connectivity index (χ0n) is 12.7. The van der Waals surface area contributed by atoms with Crippen molar-refractivity contribution in [3.05, 3.63) is 58.4 Å². The van der Waals surface area contributed by atoms with Crippen LogP contribution in [0.2, 0.25) is 0 Å². The van der Waals surface area contributed by atoms with Crippen molar-refractivity contribution >= 4 is 54.7 Å². The first kappa shape index (κ1) is 15.5. The van der Waals surface area contributed by atoms with Crippen molar-refractivity contribution in [1.82, 2.24) is 0 Å². The molecule has 3 aromatic rings. The Bertz CT molecular complexity index is 1040. The van der Waals surface area contributed by atoms with Gasteiger partial charge < -0.3 is 9.32 Å². The lowest BCUT2D eigenvalue weighted by molar-refractivity contribution is 0.109. The first-order chi connectivity index (χ1) is 11.6. The molecule has 1 aromatic heterocycles. The molecular weight excluding hydrogens is 390 g/mol. The van der Waals surface area contributed by atoms with Gasteiger partial charge in [-0.25, -0.2) is 4.79 Å². The van der Waals surface area contributed by atoms with Crippen LogP contribution < -0.4 is 10.5 Å². The van der Waals surface area contributed by atoms with Crippen LogP contribution in [0.5, 0.6) is 0 Å². The number of hydrogen-bond acceptors (Lipinski definition) is 5. The Kier molecular flexibility index (Phi) is 3.73. The Morgan fingerprint density at radius 1 is 1.17 bits per heavy atom. The molecule has 6 heteroatoms. The molecule has 1 aliphatic heterocycles. The number of benzene rings is 2. The van der Waals surface area contributed by atoms with Gasteiger partial charge in [0.05, 0.1) is 11.4 Å². The average molecular weight is 402 g/mol. The number of carbonyl (C=O) groups is 1. The van der Waals surface area contributed by atoms with E-state index in [1.807, 2.05) is 24.3 Å². The Balaban J connectivity index is 1.97. The number of rotatable bonds is 2. The van der Waals surface area contributed by atoms with Crippen molar-refractivity contribution in [2.24, 2.45) is 0 Å². The van der Waals surface area contributed by atoms with Gasteiger partial charge in [-0.1, -0.05) is 23.9 Å². The molecule has 0 aliphatic carbocycles. The van der Waals surface area contributed by atoms with Crippen LogP contribution in [0.1, 0.15) is 17.3 Å². The molecule has 2 heterocycles. The molecule has 0 unspecified atom stereocenters. The second-order valence-corrected chi connectivity index (χ2v) is 7.20. The molecule has 0 spiro atoms. The summed E-state index contributed by atoms with van der Waals surface area (Å²) >= 11 is 4.50. The second-order valence-electron chi connectivity index (χ2n) is 5.39. The molecule has 0 N–H and O–H groups in total. The highest BCUT2D eigenvalue weighted by Crippen LogP contribution is 2.49. The number of para-hydroxylation sites is 1. The van der Waals surface area contributed by atoms with Gasteiger partial charge in [-0.15, -0.1) is 0 Å². The number of anilines is 2. The van der Waals surface area contributed by atoms with E-state index in [9.17, 15) is 9.59 Å². The van der Waals surface area contributed by atoms with Crippen LogP contribution in [-0.2, 0) is 0 Å². The van der Waals surface area contributed by atoms with E-state index in [1.165, 1.54) is 4.90 Å². The summed E-state index contributed by atoms with van der Waals surface area (Å²) in [6, 6.07) is 13.6. The number of nitrogens with zero attached hydrogens (tertiary/aromatic N) is 1. The van der Waals surface area contributed by atoms with Crippen molar-refractivity contribution < 1.29 is 9.21 Å². The second kappa shape index (κ2) is 5.79. The lowest BCUT2D eigenvalue weighted by atomic mass is 10.1. The van der Waals surface area contributed by atoms with Crippen LogP contribution >= 0.6 is 27.7 Å². The molecule has 120 valence electrons. The molecule has 0 atom stereocenters. The summed E-state index contributed by atoms with van der Waals surface area (Å²) < 4.78 is 4.89. The molecular formula is C18H12BrNO3S. The van der Waals surface area contributed by atoms with Crippen LogP contribution in [0, 0.1) is 0 Å². The zero-order chi connectivity index (χ0) is 16.8. The predicted molar refractivity (Wildman–Crippen MR) is 99.0 cm³/mol. The monoisotopic (exact) mass is 401 g/mol. The van der Waals surface area contributed by atoms with E-state index in [0.29, 0.717) is 5.58 Å². The summed E-state index contributed by atoms with van der Waals surface area (Å²) in [5.74, 6) is 0. The number of halogens is 1. The van der Waals surface area contributed by atoms with E-state index in [-0.39, 0.29) is 5.56 Å². The summed E-state index contributed by atoms with van der Waals surface area (Å²) in [6.45, 7) is 2.89. The van der Waals surface area contributed by atoms with E-state index >= 15 is 0 Å². The quantitative estimate of drug-likeness (QED) is 0.449. The maximum atomic E-state index is 12.0. The molecule has 4 rings (SSSR count). The smallest absolute Gasteiger partial charge is 0.348 e. The maximum Gasteiger partial charge on any atom is 0.348 e. The van der Waals surface area contributed by atoms with E-state index in [4.69, 9.17) is 4.42 Å². The van der Waals surface area contributed by atoms with Crippen molar-refractivity contribution in [2.75, 3.05) is 11.4 Å². The van der Waals surface area contributed by atoms with Crippen LogP contribution in [0.3, 0.4) is 0 Å². The molecule has 0 radical (unpaired) electrons. The van der Waals surface area contributed by atoms with Crippen molar-refractivity contribution in [3.8, 4) is 0 Å². The minimum atomic E-state index is -0.628. The molecule has 0 saturated carbocycles. The third-order valence-electron chi connectivity index (χ3n) is 4.01. The summed E-state index contributed by atoms with van der Waals surface area (Å²) in [5.41, 5.74) is 2.02. The van der Waals surface area contributed by atoms with E-state index < -0.39 is 10.3 Å². The number of carbonyl (C=O) groups excluding carboxylic acids is 1. The first-order valence-electron chi connectivity index (χ1n) is 7.44. The molecule has 4 nitrogen and oxygen atoms in total. The van der Waals surface area contributed by atoms with Gasteiger partial charge in [-0.2, -0.15) is 0 Å². The Morgan fingerprint density at radius 2 is 1.96 bits per heavy atom. The van der Waals surface area contributed by atoms with Gasteiger partial charge >= 0.3 is 5.63 Å². The van der Waals surface area contributed by atoms with E-state index in [1.54, 1.807) is 17.8 Å². The van der Waals surface area contributed by atoms with Crippen LogP contribution in [0.4, 0.5) is 11.4 Å². The predicted octanol–water partition coefficient (Wildman–Crippen LogP) is 4.95. The van der Waals surface area contributed by atoms with E-state index in [2.05, 4.69) is 39.9 Å². The lowest BCUT2D eigenvalue weighted by Gasteiger charge is -2.31. The van der Waals surface area contributed by atoms with Crippen LogP contribution in [0.25, 0.3) is 11.0 Å². The third kappa shape index (κ3) is 2.37. The van der Waals surface area contributed by atoms with Gasteiger partial charge in [0.25, 0.3) is 0 Å². The van der Waals surface area contributed by atoms with Gasteiger partial charge in [0, 0.05) is 27.8 Å². The summed E-state index contributed by atoms with van der Waals surface area (Å²) in [6.07, 6.45) is 0. The zero-order valence-corrected chi connectivity index (χ0v) is 15.1. The lowest BCUT2D eigenvalue weighted by Crippen LogP contribution is -2.20.